The summed E-state index contributed by atoms with van der Waals surface area (Å²) in [5, 5.41) is 0. The standard InChI is InChI=1S/C14H17N5O3S/c1-3-9-6-11(19-5-4-17-8-19)12(23(2,21)22)7-10(9)13(20)18-14(15)16/h4-8H,3H2,1-2H3,(H4,15,16,18,20). The van der Waals surface area contributed by atoms with E-state index in [1.807, 2.05) is 6.92 Å². The highest BCUT2D eigenvalue weighted by Gasteiger charge is 2.21. The van der Waals surface area contributed by atoms with Crippen LogP contribution in [0.4, 0.5) is 0 Å². The van der Waals surface area contributed by atoms with Gasteiger partial charge in [0.25, 0.3) is 5.91 Å². The Hall–Kier alpha value is -2.68. The third-order valence-corrected chi connectivity index (χ3v) is 4.33. The molecule has 122 valence electrons. The number of amides is 1. The summed E-state index contributed by atoms with van der Waals surface area (Å²) in [6, 6.07) is 2.94. The summed E-state index contributed by atoms with van der Waals surface area (Å²) in [5.74, 6) is -1.06. The molecule has 0 atom stereocenters. The fourth-order valence-electron chi connectivity index (χ4n) is 2.18. The van der Waals surface area contributed by atoms with Crippen molar-refractivity contribution in [2.75, 3.05) is 6.26 Å². The highest BCUT2D eigenvalue weighted by Crippen LogP contribution is 2.26. The predicted octanol–water partition coefficient (Wildman–Crippen LogP) is 0.252. The first-order chi connectivity index (χ1) is 10.7. The number of guanidine groups is 1. The molecule has 0 saturated carbocycles. The van der Waals surface area contributed by atoms with Crippen molar-refractivity contribution in [3.63, 3.8) is 0 Å². The first-order valence-electron chi connectivity index (χ1n) is 6.73. The van der Waals surface area contributed by atoms with Crippen molar-refractivity contribution < 1.29 is 13.2 Å². The van der Waals surface area contributed by atoms with E-state index in [4.69, 9.17) is 11.5 Å². The molecule has 1 aromatic heterocycles. The largest absolute Gasteiger partial charge is 0.370 e. The van der Waals surface area contributed by atoms with E-state index in [1.165, 1.54) is 18.6 Å². The van der Waals surface area contributed by atoms with Crippen molar-refractivity contribution in [2.45, 2.75) is 18.2 Å². The second-order valence-corrected chi connectivity index (χ2v) is 6.90. The van der Waals surface area contributed by atoms with Crippen molar-refractivity contribution in [1.29, 1.82) is 0 Å². The summed E-state index contributed by atoms with van der Waals surface area (Å²) < 4.78 is 25.8. The number of aryl methyl sites for hydroxylation is 1. The van der Waals surface area contributed by atoms with Gasteiger partial charge in [-0.1, -0.05) is 6.92 Å². The van der Waals surface area contributed by atoms with Crippen molar-refractivity contribution in [3.05, 3.63) is 42.0 Å². The highest BCUT2D eigenvalue weighted by molar-refractivity contribution is 7.90. The van der Waals surface area contributed by atoms with Crippen LogP contribution in [0.5, 0.6) is 0 Å². The van der Waals surface area contributed by atoms with Gasteiger partial charge in [-0.2, -0.15) is 4.99 Å². The first kappa shape index (κ1) is 16.7. The van der Waals surface area contributed by atoms with Crippen LogP contribution in [0.3, 0.4) is 0 Å². The van der Waals surface area contributed by atoms with Crippen LogP contribution in [0, 0.1) is 0 Å². The fraction of sp³-hybridized carbons (Fsp3) is 0.214. The number of hydrogen-bond donors (Lipinski definition) is 2. The zero-order valence-electron chi connectivity index (χ0n) is 12.7. The molecule has 2 aromatic rings. The molecule has 8 nitrogen and oxygen atoms in total. The van der Waals surface area contributed by atoms with Crippen molar-refractivity contribution in [2.24, 2.45) is 16.5 Å². The number of aromatic nitrogens is 2. The number of sulfone groups is 1. The number of carbonyl (C=O) groups excluding carboxylic acids is 1. The van der Waals surface area contributed by atoms with E-state index in [-0.39, 0.29) is 16.4 Å². The summed E-state index contributed by atoms with van der Waals surface area (Å²) in [6.07, 6.45) is 6.23. The Morgan fingerprint density at radius 1 is 1.35 bits per heavy atom. The van der Waals surface area contributed by atoms with E-state index in [1.54, 1.807) is 16.8 Å². The van der Waals surface area contributed by atoms with Gasteiger partial charge in [0.15, 0.2) is 15.8 Å². The zero-order chi connectivity index (χ0) is 17.2. The van der Waals surface area contributed by atoms with E-state index in [0.717, 1.165) is 6.26 Å². The minimum Gasteiger partial charge on any atom is -0.370 e. The number of hydrogen-bond acceptors (Lipinski definition) is 4. The van der Waals surface area contributed by atoms with Crippen LogP contribution in [0.2, 0.25) is 0 Å². The molecule has 4 N–H and O–H groups in total. The molecule has 0 fully saturated rings. The number of carbonyl (C=O) groups is 1. The highest BCUT2D eigenvalue weighted by atomic mass is 32.2. The van der Waals surface area contributed by atoms with E-state index in [2.05, 4.69) is 9.98 Å². The number of rotatable bonds is 4. The molecule has 0 aliphatic heterocycles. The summed E-state index contributed by atoms with van der Waals surface area (Å²) in [5.41, 5.74) is 11.7. The van der Waals surface area contributed by atoms with E-state index in [0.29, 0.717) is 17.7 Å². The Kier molecular flexibility index (Phi) is 4.50. The van der Waals surface area contributed by atoms with Crippen LogP contribution < -0.4 is 11.5 Å². The molecule has 0 aliphatic carbocycles. The molecular weight excluding hydrogens is 318 g/mol. The molecule has 1 aromatic carbocycles. The Balaban J connectivity index is 2.77. The lowest BCUT2D eigenvalue weighted by atomic mass is 10.0. The molecule has 23 heavy (non-hydrogen) atoms. The predicted molar refractivity (Wildman–Crippen MR) is 86.2 cm³/mol. The molecule has 1 amide bonds. The Morgan fingerprint density at radius 3 is 2.52 bits per heavy atom. The second kappa shape index (κ2) is 6.21. The van der Waals surface area contributed by atoms with E-state index in [9.17, 15) is 13.2 Å². The van der Waals surface area contributed by atoms with Crippen molar-refractivity contribution in [1.82, 2.24) is 9.55 Å². The molecule has 0 bridgehead atoms. The van der Waals surface area contributed by atoms with Gasteiger partial charge in [0.05, 0.1) is 16.9 Å². The average molecular weight is 335 g/mol. The van der Waals surface area contributed by atoms with Crippen molar-refractivity contribution >= 4 is 21.7 Å². The SMILES string of the molecule is CCc1cc(-n2ccnc2)c(S(C)(=O)=O)cc1C(=O)N=C(N)N. The molecule has 9 heteroatoms. The fourth-order valence-corrected chi connectivity index (χ4v) is 3.06. The summed E-state index contributed by atoms with van der Waals surface area (Å²) in [4.78, 5) is 19.6. The lowest BCUT2D eigenvalue weighted by Crippen LogP contribution is -2.24. The number of aliphatic imine (C=N–C) groups is 1. The quantitative estimate of drug-likeness (QED) is 0.608. The maximum absolute atomic E-state index is 12.2. The maximum atomic E-state index is 12.2. The van der Waals surface area contributed by atoms with Gasteiger partial charge in [-0.15, -0.1) is 0 Å². The van der Waals surface area contributed by atoms with Gasteiger partial charge in [-0.25, -0.2) is 13.4 Å². The van der Waals surface area contributed by atoms with Gasteiger partial charge in [0, 0.05) is 24.2 Å². The zero-order valence-corrected chi connectivity index (χ0v) is 13.5. The summed E-state index contributed by atoms with van der Waals surface area (Å²) >= 11 is 0. The van der Waals surface area contributed by atoms with Gasteiger partial charge < -0.3 is 16.0 Å². The minimum absolute atomic E-state index is 0.00171. The van der Waals surface area contributed by atoms with Crippen molar-refractivity contribution in [3.8, 4) is 5.69 Å². The molecule has 0 saturated heterocycles. The smallest absolute Gasteiger partial charge is 0.280 e. The molecule has 0 spiro atoms. The molecule has 0 radical (unpaired) electrons. The monoisotopic (exact) mass is 335 g/mol. The number of nitrogens with two attached hydrogens (primary N) is 2. The number of nitrogens with zero attached hydrogens (tertiary/aromatic N) is 3. The Bertz CT molecular complexity index is 866. The van der Waals surface area contributed by atoms with Gasteiger partial charge in [-0.3, -0.25) is 4.79 Å². The topological polar surface area (TPSA) is 133 Å². The van der Waals surface area contributed by atoms with Crippen LogP contribution in [0.25, 0.3) is 5.69 Å². The third kappa shape index (κ3) is 3.57. The van der Waals surface area contributed by atoms with Crippen LogP contribution in [0.15, 0.2) is 40.7 Å². The normalized spacial score (nSPS) is 11.2. The summed E-state index contributed by atoms with van der Waals surface area (Å²) in [7, 11) is -3.58. The van der Waals surface area contributed by atoms with Crippen LogP contribution in [-0.2, 0) is 16.3 Å². The molecule has 0 unspecified atom stereocenters. The van der Waals surface area contributed by atoms with E-state index >= 15 is 0 Å². The number of benzene rings is 1. The van der Waals surface area contributed by atoms with Gasteiger partial charge in [-0.05, 0) is 24.1 Å². The Labute approximate surface area is 133 Å². The average Bonchev–Trinajstić information content (AvgIpc) is 2.98. The third-order valence-electron chi connectivity index (χ3n) is 3.21. The van der Waals surface area contributed by atoms with Gasteiger partial charge in [0.1, 0.15) is 0 Å². The Morgan fingerprint density at radius 2 is 2.04 bits per heavy atom. The second-order valence-electron chi connectivity index (χ2n) is 4.91. The number of imidazole rings is 1. The minimum atomic E-state index is -3.58. The van der Waals surface area contributed by atoms with E-state index < -0.39 is 15.7 Å². The summed E-state index contributed by atoms with van der Waals surface area (Å²) in [6.45, 7) is 1.85. The van der Waals surface area contributed by atoms with Gasteiger partial charge >= 0.3 is 0 Å². The van der Waals surface area contributed by atoms with Crippen LogP contribution in [0.1, 0.15) is 22.8 Å². The molecule has 0 aliphatic rings. The van der Waals surface area contributed by atoms with Crippen LogP contribution in [-0.4, -0.2) is 36.1 Å². The molecule has 2 rings (SSSR count). The van der Waals surface area contributed by atoms with Gasteiger partial charge in [0.2, 0.25) is 0 Å². The lowest BCUT2D eigenvalue weighted by Gasteiger charge is -2.14. The molecule has 1 heterocycles. The molecular formula is C14H17N5O3S. The first-order valence-corrected chi connectivity index (χ1v) is 8.62. The maximum Gasteiger partial charge on any atom is 0.280 e. The van der Waals surface area contributed by atoms with Crippen LogP contribution >= 0.6 is 0 Å². The lowest BCUT2D eigenvalue weighted by molar-refractivity contribution is 0.100.